The summed E-state index contributed by atoms with van der Waals surface area (Å²) in [5.41, 5.74) is 4.94. The van der Waals surface area contributed by atoms with Gasteiger partial charge in [-0.25, -0.2) is 0 Å². The lowest BCUT2D eigenvalue weighted by molar-refractivity contribution is -0.137. The Kier molecular flexibility index (Phi) is 7.37. The summed E-state index contributed by atoms with van der Waals surface area (Å²) in [4.78, 5) is 9.76. The molecule has 1 heterocycles. The molecule has 0 aliphatic rings. The topological polar surface area (TPSA) is 76.5 Å². The van der Waals surface area contributed by atoms with Crippen LogP contribution >= 0.6 is 25.3 Å². The van der Waals surface area contributed by atoms with Crippen LogP contribution in [-0.4, -0.2) is 22.9 Å². The Morgan fingerprint density at radius 3 is 2.47 bits per heavy atom. The molecule has 0 aliphatic heterocycles. The summed E-state index contributed by atoms with van der Waals surface area (Å²) in [6.45, 7) is 1.97. The summed E-state index contributed by atoms with van der Waals surface area (Å²) in [7, 11) is 0. The van der Waals surface area contributed by atoms with Crippen molar-refractivity contribution in [3.8, 4) is 0 Å². The number of carboxylic acid groups (broad SMARTS) is 1. The van der Waals surface area contributed by atoms with Gasteiger partial charge in [-0.1, -0.05) is 0 Å². The molecule has 1 aromatic rings. The molecule has 1 aromatic heterocycles. The molecule has 0 fully saturated rings. The van der Waals surface area contributed by atoms with Crippen molar-refractivity contribution in [2.24, 2.45) is 5.73 Å². The van der Waals surface area contributed by atoms with Gasteiger partial charge in [0.2, 0.25) is 0 Å². The smallest absolute Gasteiger partial charge is 0.321 e. The van der Waals surface area contributed by atoms with Crippen LogP contribution in [0.1, 0.15) is 17.9 Å². The molecule has 1 rings (SSSR count). The minimum atomic E-state index is -1.00. The van der Waals surface area contributed by atoms with Crippen molar-refractivity contribution in [2.45, 2.75) is 18.2 Å². The van der Waals surface area contributed by atoms with Crippen molar-refractivity contribution in [1.82, 2.24) is 0 Å². The summed E-state index contributed by atoms with van der Waals surface area (Å²) in [6.07, 6.45) is 1.65. The van der Waals surface area contributed by atoms with Crippen molar-refractivity contribution >= 4 is 31.2 Å². The van der Waals surface area contributed by atoms with Gasteiger partial charge in [0.25, 0.3) is 0 Å². The number of thiol groups is 2. The second-order valence-corrected chi connectivity index (χ2v) is 3.96. The molecule has 0 saturated carbocycles. The predicted octanol–water partition coefficient (Wildman–Crippen LogP) is 1.60. The monoisotopic (exact) mass is 249 g/mol. The molecule has 15 heavy (non-hydrogen) atoms. The summed E-state index contributed by atoms with van der Waals surface area (Å²) < 4.78 is 5.02. The third kappa shape index (κ3) is 6.48. The first-order valence-electron chi connectivity index (χ1n) is 4.29. The SMILES string of the molecule is CC(S)c1ccco1.NC(CS)C(=O)O. The van der Waals surface area contributed by atoms with Crippen LogP contribution in [0.3, 0.4) is 0 Å². The molecule has 2 unspecified atom stereocenters. The Morgan fingerprint density at radius 2 is 2.33 bits per heavy atom. The van der Waals surface area contributed by atoms with E-state index in [1.807, 2.05) is 19.1 Å². The van der Waals surface area contributed by atoms with Crippen molar-refractivity contribution in [2.75, 3.05) is 5.75 Å². The average Bonchev–Trinajstić information content (AvgIpc) is 2.70. The number of hydrogen-bond donors (Lipinski definition) is 4. The first kappa shape index (κ1) is 14.4. The van der Waals surface area contributed by atoms with E-state index in [0.717, 1.165) is 5.76 Å². The van der Waals surface area contributed by atoms with Crippen LogP contribution in [0.2, 0.25) is 0 Å². The van der Waals surface area contributed by atoms with Gasteiger partial charge >= 0.3 is 5.97 Å². The zero-order valence-corrected chi connectivity index (χ0v) is 10.1. The number of carbonyl (C=O) groups is 1. The Balaban J connectivity index is 0.000000265. The van der Waals surface area contributed by atoms with E-state index < -0.39 is 12.0 Å². The Bertz CT molecular complexity index is 275. The fraction of sp³-hybridized carbons (Fsp3) is 0.444. The van der Waals surface area contributed by atoms with Gasteiger partial charge in [0.05, 0.1) is 11.5 Å². The van der Waals surface area contributed by atoms with Gasteiger partial charge in [0.15, 0.2) is 0 Å². The summed E-state index contributed by atoms with van der Waals surface area (Å²) in [5.74, 6) is 0.110. The average molecular weight is 249 g/mol. The van der Waals surface area contributed by atoms with Crippen LogP contribution in [0.25, 0.3) is 0 Å². The Hall–Kier alpha value is -0.590. The number of hydrogen-bond acceptors (Lipinski definition) is 5. The van der Waals surface area contributed by atoms with E-state index in [2.05, 4.69) is 25.3 Å². The lowest BCUT2D eigenvalue weighted by atomic mass is 10.4. The van der Waals surface area contributed by atoms with Crippen molar-refractivity contribution in [3.63, 3.8) is 0 Å². The van der Waals surface area contributed by atoms with Gasteiger partial charge in [0.1, 0.15) is 11.8 Å². The van der Waals surface area contributed by atoms with Crippen LogP contribution in [0.5, 0.6) is 0 Å². The first-order chi connectivity index (χ1) is 6.99. The highest BCUT2D eigenvalue weighted by atomic mass is 32.1. The van der Waals surface area contributed by atoms with Crippen LogP contribution in [0, 0.1) is 0 Å². The number of carboxylic acids is 1. The Labute approximate surface area is 99.7 Å². The highest BCUT2D eigenvalue weighted by Gasteiger charge is 2.06. The molecule has 2 atom stereocenters. The van der Waals surface area contributed by atoms with Gasteiger partial charge in [-0.15, -0.1) is 0 Å². The van der Waals surface area contributed by atoms with E-state index in [1.54, 1.807) is 6.26 Å². The van der Waals surface area contributed by atoms with E-state index in [4.69, 9.17) is 15.3 Å². The predicted molar refractivity (Wildman–Crippen MR) is 65.6 cm³/mol. The van der Waals surface area contributed by atoms with Gasteiger partial charge in [-0.2, -0.15) is 25.3 Å². The molecule has 3 N–H and O–H groups in total. The van der Waals surface area contributed by atoms with E-state index >= 15 is 0 Å². The van der Waals surface area contributed by atoms with Gasteiger partial charge in [-0.05, 0) is 19.1 Å². The van der Waals surface area contributed by atoms with Crippen molar-refractivity contribution < 1.29 is 14.3 Å². The normalized spacial score (nSPS) is 13.6. The summed E-state index contributed by atoms with van der Waals surface area (Å²) in [6, 6.07) is 2.96. The first-order valence-corrected chi connectivity index (χ1v) is 5.44. The van der Waals surface area contributed by atoms with Crippen molar-refractivity contribution in [3.05, 3.63) is 24.2 Å². The minimum absolute atomic E-state index is 0.190. The molecule has 0 aromatic carbocycles. The van der Waals surface area contributed by atoms with E-state index in [9.17, 15) is 4.79 Å². The molecule has 0 saturated heterocycles. The highest BCUT2D eigenvalue weighted by molar-refractivity contribution is 7.80. The molecule has 0 radical (unpaired) electrons. The van der Waals surface area contributed by atoms with E-state index in [0.29, 0.717) is 0 Å². The lowest BCUT2D eigenvalue weighted by Crippen LogP contribution is -2.31. The van der Waals surface area contributed by atoms with Crippen LogP contribution in [0.4, 0.5) is 0 Å². The standard InChI is InChI=1S/C6H8OS.C3H7NO2S/c1-5(8)6-3-2-4-7-6;4-2(1-7)3(5)6/h2-5,8H,1H3;2,7H,1,4H2,(H,5,6). The number of aliphatic carboxylic acids is 1. The van der Waals surface area contributed by atoms with E-state index in [1.165, 1.54) is 0 Å². The molecular formula is C9H15NO3S2. The van der Waals surface area contributed by atoms with Crippen LogP contribution < -0.4 is 5.73 Å². The fourth-order valence-electron chi connectivity index (χ4n) is 0.607. The molecular weight excluding hydrogens is 234 g/mol. The van der Waals surface area contributed by atoms with Gasteiger partial charge in [-0.3, -0.25) is 4.79 Å². The molecule has 4 nitrogen and oxygen atoms in total. The summed E-state index contributed by atoms with van der Waals surface area (Å²) in [5, 5.41) is 8.22. The second kappa shape index (κ2) is 7.67. The van der Waals surface area contributed by atoms with E-state index in [-0.39, 0.29) is 11.0 Å². The number of nitrogens with two attached hydrogens (primary N) is 1. The van der Waals surface area contributed by atoms with Gasteiger partial charge < -0.3 is 15.3 Å². The molecule has 0 amide bonds. The fourth-order valence-corrected chi connectivity index (χ4v) is 0.910. The molecule has 6 heteroatoms. The molecule has 0 bridgehead atoms. The quantitative estimate of drug-likeness (QED) is 0.614. The zero-order chi connectivity index (χ0) is 11.8. The maximum absolute atomic E-state index is 9.76. The van der Waals surface area contributed by atoms with Crippen LogP contribution in [-0.2, 0) is 4.79 Å². The zero-order valence-electron chi connectivity index (χ0n) is 8.33. The molecule has 0 spiro atoms. The minimum Gasteiger partial charge on any atom is -0.480 e. The maximum atomic E-state index is 9.76. The second-order valence-electron chi connectivity index (χ2n) is 2.82. The van der Waals surface area contributed by atoms with Gasteiger partial charge in [0, 0.05) is 5.75 Å². The third-order valence-electron chi connectivity index (χ3n) is 1.47. The third-order valence-corrected chi connectivity index (χ3v) is 2.12. The lowest BCUT2D eigenvalue weighted by Gasteiger charge is -1.96. The molecule has 0 aliphatic carbocycles. The number of furan rings is 1. The highest BCUT2D eigenvalue weighted by Crippen LogP contribution is 2.17. The van der Waals surface area contributed by atoms with Crippen molar-refractivity contribution in [1.29, 1.82) is 0 Å². The van der Waals surface area contributed by atoms with Crippen LogP contribution in [0.15, 0.2) is 22.8 Å². The largest absolute Gasteiger partial charge is 0.480 e. The Morgan fingerprint density at radius 1 is 1.73 bits per heavy atom. The summed E-state index contributed by atoms with van der Waals surface area (Å²) >= 11 is 7.81. The molecule has 86 valence electrons. The number of rotatable bonds is 3. The maximum Gasteiger partial charge on any atom is 0.321 e.